The first-order valence-corrected chi connectivity index (χ1v) is 8.77. The highest BCUT2D eigenvalue weighted by Crippen LogP contribution is 2.27. The predicted octanol–water partition coefficient (Wildman–Crippen LogP) is 1.30. The Morgan fingerprint density at radius 1 is 1.00 bits per heavy atom. The summed E-state index contributed by atoms with van der Waals surface area (Å²) in [4.78, 5) is 48.9. The van der Waals surface area contributed by atoms with Crippen molar-refractivity contribution in [3.63, 3.8) is 0 Å². The van der Waals surface area contributed by atoms with E-state index in [2.05, 4.69) is 16.1 Å². The molecule has 0 spiro atoms. The Labute approximate surface area is 161 Å². The molecule has 2 aromatic carbocycles. The third-order valence-corrected chi connectivity index (χ3v) is 4.45. The summed E-state index contributed by atoms with van der Waals surface area (Å²) in [6.45, 7) is 1.65. The first-order chi connectivity index (χ1) is 13.4. The average molecular weight is 380 g/mol. The maximum Gasteiger partial charge on any atom is 0.344 e. The summed E-state index contributed by atoms with van der Waals surface area (Å²) in [6, 6.07) is 16.7. The normalized spacial score (nSPS) is 18.5. The van der Waals surface area contributed by atoms with Crippen LogP contribution in [0.3, 0.4) is 0 Å². The molecule has 28 heavy (non-hydrogen) atoms. The fourth-order valence-electron chi connectivity index (χ4n) is 2.87. The highest BCUT2D eigenvalue weighted by Gasteiger charge is 2.49. The lowest BCUT2D eigenvalue weighted by molar-refractivity contribution is -0.138. The lowest BCUT2D eigenvalue weighted by Gasteiger charge is -2.22. The van der Waals surface area contributed by atoms with Crippen LogP contribution in [0.5, 0.6) is 0 Å². The summed E-state index contributed by atoms with van der Waals surface area (Å²) >= 11 is 0. The number of urea groups is 1. The third kappa shape index (κ3) is 3.85. The number of rotatable bonds is 6. The molecular weight excluding hydrogens is 360 g/mol. The number of nitrogens with one attached hydrogen (secondary N) is 3. The fraction of sp³-hybridized carbons (Fsp3) is 0.200. The molecule has 3 N–H and O–H groups in total. The van der Waals surface area contributed by atoms with Gasteiger partial charge in [-0.15, -0.1) is 0 Å². The molecule has 0 unspecified atom stereocenters. The van der Waals surface area contributed by atoms with E-state index in [-0.39, 0.29) is 18.9 Å². The van der Waals surface area contributed by atoms with E-state index in [0.717, 1.165) is 0 Å². The predicted molar refractivity (Wildman–Crippen MR) is 101 cm³/mol. The van der Waals surface area contributed by atoms with Gasteiger partial charge in [0.2, 0.25) is 5.91 Å². The summed E-state index contributed by atoms with van der Waals surface area (Å²) in [5.74, 6) is -1.44. The second kappa shape index (κ2) is 7.91. The maximum atomic E-state index is 12.7. The topological polar surface area (TPSA) is 108 Å². The Morgan fingerprint density at radius 3 is 2.25 bits per heavy atom. The monoisotopic (exact) mass is 380 g/mol. The summed E-state index contributed by atoms with van der Waals surface area (Å²) in [5, 5.41) is 5.89. The van der Waals surface area contributed by atoms with Crippen LogP contribution in [0.25, 0.3) is 0 Å². The van der Waals surface area contributed by atoms with E-state index in [1.54, 1.807) is 67.6 Å². The zero-order valence-electron chi connectivity index (χ0n) is 15.3. The molecular formula is C20H20N4O4. The molecule has 0 radical (unpaired) electrons. The molecule has 144 valence electrons. The number of benzene rings is 2. The minimum Gasteiger partial charge on any atom is -0.352 e. The Kier molecular flexibility index (Phi) is 5.39. The van der Waals surface area contributed by atoms with Crippen LogP contribution < -0.4 is 16.1 Å². The summed E-state index contributed by atoms with van der Waals surface area (Å²) in [7, 11) is 0. The molecule has 0 aliphatic carbocycles. The number of carbonyl (C=O) groups excluding carboxylic acids is 4. The van der Waals surface area contributed by atoms with E-state index in [4.69, 9.17) is 0 Å². The van der Waals surface area contributed by atoms with E-state index in [1.165, 1.54) is 0 Å². The quantitative estimate of drug-likeness (QED) is 0.657. The van der Waals surface area contributed by atoms with Crippen LogP contribution in [0.1, 0.15) is 29.3 Å². The highest BCUT2D eigenvalue weighted by atomic mass is 16.2. The van der Waals surface area contributed by atoms with Crippen molar-refractivity contribution in [3.8, 4) is 0 Å². The van der Waals surface area contributed by atoms with Gasteiger partial charge in [-0.25, -0.2) is 4.79 Å². The maximum absolute atomic E-state index is 12.7. The molecule has 3 rings (SSSR count). The zero-order valence-corrected chi connectivity index (χ0v) is 15.3. The lowest BCUT2D eigenvalue weighted by atomic mass is 9.92. The van der Waals surface area contributed by atoms with Crippen LogP contribution in [0.4, 0.5) is 4.79 Å². The second-order valence-electron chi connectivity index (χ2n) is 6.47. The SMILES string of the molecule is C[C@]1(c2ccccc2)NC(=O)N(NC(=O)CCNC(=O)c2ccccc2)C1=O. The molecule has 0 bridgehead atoms. The summed E-state index contributed by atoms with van der Waals surface area (Å²) in [5.41, 5.74) is 2.13. The van der Waals surface area contributed by atoms with Gasteiger partial charge in [-0.2, -0.15) is 5.01 Å². The summed E-state index contributed by atoms with van der Waals surface area (Å²) in [6.07, 6.45) is -0.0856. The van der Waals surface area contributed by atoms with E-state index >= 15 is 0 Å². The summed E-state index contributed by atoms with van der Waals surface area (Å²) < 4.78 is 0. The van der Waals surface area contributed by atoms with Gasteiger partial charge in [0.05, 0.1) is 0 Å². The van der Waals surface area contributed by atoms with Gasteiger partial charge in [0.15, 0.2) is 0 Å². The lowest BCUT2D eigenvalue weighted by Crippen LogP contribution is -2.48. The molecule has 1 aliphatic rings. The average Bonchev–Trinajstić information content (AvgIpc) is 2.93. The van der Waals surface area contributed by atoms with Gasteiger partial charge in [0.25, 0.3) is 11.8 Å². The number of carbonyl (C=O) groups is 4. The Balaban J connectivity index is 1.55. The molecule has 1 heterocycles. The van der Waals surface area contributed by atoms with E-state index in [0.29, 0.717) is 16.1 Å². The molecule has 1 aliphatic heterocycles. The van der Waals surface area contributed by atoms with Crippen molar-refractivity contribution in [2.75, 3.05) is 6.54 Å². The van der Waals surface area contributed by atoms with Crippen molar-refractivity contribution >= 4 is 23.8 Å². The van der Waals surface area contributed by atoms with Crippen molar-refractivity contribution < 1.29 is 19.2 Å². The van der Waals surface area contributed by atoms with Gasteiger partial charge in [-0.3, -0.25) is 19.8 Å². The largest absolute Gasteiger partial charge is 0.352 e. The van der Waals surface area contributed by atoms with Crippen molar-refractivity contribution in [2.45, 2.75) is 18.9 Å². The van der Waals surface area contributed by atoms with Gasteiger partial charge in [0, 0.05) is 18.5 Å². The number of imide groups is 1. The van der Waals surface area contributed by atoms with Crippen LogP contribution in [-0.2, 0) is 15.1 Å². The standard InChI is InChI=1S/C20H20N4O4/c1-20(15-10-6-3-7-11-15)18(27)24(19(28)22-20)23-16(25)12-13-21-17(26)14-8-4-2-5-9-14/h2-11H,12-13H2,1H3,(H,21,26)(H,22,28)(H,23,25)/t20-/m1/s1. The van der Waals surface area contributed by atoms with Crippen LogP contribution in [0.15, 0.2) is 60.7 Å². The van der Waals surface area contributed by atoms with Crippen molar-refractivity contribution in [2.24, 2.45) is 0 Å². The van der Waals surface area contributed by atoms with Crippen LogP contribution in [0.2, 0.25) is 0 Å². The first kappa shape index (κ1) is 19.1. The van der Waals surface area contributed by atoms with Gasteiger partial charge in [0.1, 0.15) is 5.54 Å². The van der Waals surface area contributed by atoms with Crippen molar-refractivity contribution in [1.82, 2.24) is 21.1 Å². The molecule has 0 aromatic heterocycles. The van der Waals surface area contributed by atoms with Crippen molar-refractivity contribution in [1.29, 1.82) is 0 Å². The zero-order chi connectivity index (χ0) is 20.1. The smallest absolute Gasteiger partial charge is 0.344 e. The minimum absolute atomic E-state index is 0.0686. The first-order valence-electron chi connectivity index (χ1n) is 8.77. The van der Waals surface area contributed by atoms with Crippen LogP contribution in [-0.4, -0.2) is 35.3 Å². The number of hydrazine groups is 1. The van der Waals surface area contributed by atoms with Gasteiger partial charge >= 0.3 is 6.03 Å². The van der Waals surface area contributed by atoms with E-state index in [1.807, 2.05) is 0 Å². The molecule has 8 nitrogen and oxygen atoms in total. The number of nitrogens with zero attached hydrogens (tertiary/aromatic N) is 1. The van der Waals surface area contributed by atoms with Gasteiger partial charge in [-0.1, -0.05) is 48.5 Å². The molecule has 1 fully saturated rings. The molecule has 1 atom stereocenters. The highest BCUT2D eigenvalue weighted by molar-refractivity contribution is 6.08. The van der Waals surface area contributed by atoms with E-state index in [9.17, 15) is 19.2 Å². The van der Waals surface area contributed by atoms with Crippen molar-refractivity contribution in [3.05, 3.63) is 71.8 Å². The Bertz CT molecular complexity index is 901. The van der Waals surface area contributed by atoms with E-state index < -0.39 is 23.4 Å². The van der Waals surface area contributed by atoms with Gasteiger partial charge < -0.3 is 10.6 Å². The van der Waals surface area contributed by atoms with Gasteiger partial charge in [-0.05, 0) is 24.6 Å². The number of hydrogen-bond donors (Lipinski definition) is 3. The fourth-order valence-corrected chi connectivity index (χ4v) is 2.87. The molecule has 1 saturated heterocycles. The molecule has 5 amide bonds. The Hall–Kier alpha value is -3.68. The van der Waals surface area contributed by atoms with Crippen LogP contribution in [0, 0.1) is 0 Å². The molecule has 0 saturated carbocycles. The third-order valence-electron chi connectivity index (χ3n) is 4.45. The number of hydrogen-bond acceptors (Lipinski definition) is 4. The Morgan fingerprint density at radius 2 is 1.61 bits per heavy atom. The molecule has 2 aromatic rings. The molecule has 8 heteroatoms. The van der Waals surface area contributed by atoms with Crippen LogP contribution >= 0.6 is 0 Å². The second-order valence-corrected chi connectivity index (χ2v) is 6.47. The minimum atomic E-state index is -1.26. The number of amides is 5.